The van der Waals surface area contributed by atoms with Crippen LogP contribution in [-0.2, 0) is 11.3 Å². The number of rotatable bonds is 5. The average molecular weight is 268 g/mol. The molecule has 0 saturated carbocycles. The van der Waals surface area contributed by atoms with Crippen molar-refractivity contribution in [2.24, 2.45) is 11.1 Å². The number of hydrogen-bond donors (Lipinski definition) is 3. The van der Waals surface area contributed by atoms with Gasteiger partial charge in [-0.3, -0.25) is 4.79 Å². The third-order valence-corrected chi connectivity index (χ3v) is 2.64. The zero-order chi connectivity index (χ0) is 14.6. The van der Waals surface area contributed by atoms with Crippen LogP contribution in [0.25, 0.3) is 0 Å². The Morgan fingerprint density at radius 1 is 1.53 bits per heavy atom. The fraction of sp³-hybridized carbons (Fsp3) is 0.583. The molecule has 0 aliphatic rings. The van der Waals surface area contributed by atoms with E-state index in [1.54, 1.807) is 31.5 Å². The molecule has 7 nitrogen and oxygen atoms in total. The number of carboxylic acid groups (broad SMARTS) is 1. The molecule has 1 amide bonds. The Morgan fingerprint density at radius 3 is 2.63 bits per heavy atom. The lowest BCUT2D eigenvalue weighted by atomic mass is 9.87. The number of carbonyl (C=O) groups is 2. The predicted molar refractivity (Wildman–Crippen MR) is 69.6 cm³/mol. The Morgan fingerprint density at radius 2 is 2.16 bits per heavy atom. The van der Waals surface area contributed by atoms with E-state index in [4.69, 9.17) is 10.8 Å². The molecule has 0 unspecified atom stereocenters. The molecule has 1 aromatic heterocycles. The van der Waals surface area contributed by atoms with E-state index < -0.39 is 23.3 Å². The molecular formula is C12H20N4O3. The van der Waals surface area contributed by atoms with Crippen LogP contribution in [0.2, 0.25) is 0 Å². The minimum absolute atomic E-state index is 0.184. The lowest BCUT2D eigenvalue weighted by Gasteiger charge is -2.27. The molecule has 0 aliphatic carbocycles. The number of amides is 1. The summed E-state index contributed by atoms with van der Waals surface area (Å²) in [6.45, 7) is 6.25. The van der Waals surface area contributed by atoms with Gasteiger partial charge in [0.05, 0.1) is 6.33 Å². The third kappa shape index (κ3) is 4.06. The maximum absolute atomic E-state index is 11.9. The van der Waals surface area contributed by atoms with E-state index >= 15 is 0 Å². The summed E-state index contributed by atoms with van der Waals surface area (Å²) in [5, 5.41) is 11.6. The van der Waals surface area contributed by atoms with E-state index in [9.17, 15) is 9.59 Å². The second kappa shape index (κ2) is 5.83. The minimum atomic E-state index is -1.07. The molecule has 1 aromatic rings. The second-order valence-electron chi connectivity index (χ2n) is 5.40. The molecule has 0 radical (unpaired) electrons. The normalized spacial score (nSPS) is 13.1. The van der Waals surface area contributed by atoms with Crippen LogP contribution in [0, 0.1) is 5.41 Å². The largest absolute Gasteiger partial charge is 0.480 e. The van der Waals surface area contributed by atoms with E-state index in [2.05, 4.69) is 10.3 Å². The molecule has 0 aromatic carbocycles. The van der Waals surface area contributed by atoms with Crippen LogP contribution in [0.4, 0.5) is 0 Å². The van der Waals surface area contributed by atoms with Gasteiger partial charge in [0.15, 0.2) is 0 Å². The number of aliphatic carboxylic acids is 1. The van der Waals surface area contributed by atoms with Crippen molar-refractivity contribution in [3.05, 3.63) is 18.2 Å². The molecule has 7 heteroatoms. The molecule has 0 saturated heterocycles. The molecule has 0 fully saturated rings. The van der Waals surface area contributed by atoms with Crippen LogP contribution in [0.5, 0.6) is 0 Å². The fourth-order valence-corrected chi connectivity index (χ4v) is 1.60. The monoisotopic (exact) mass is 268 g/mol. The number of aromatic nitrogens is 2. The first kappa shape index (κ1) is 15.2. The van der Waals surface area contributed by atoms with Crippen LogP contribution in [-0.4, -0.2) is 39.1 Å². The number of nitrogens with zero attached hydrogens (tertiary/aromatic N) is 2. The molecule has 4 N–H and O–H groups in total. The summed E-state index contributed by atoms with van der Waals surface area (Å²) in [5.41, 5.74) is 5.00. The van der Waals surface area contributed by atoms with Crippen molar-refractivity contribution in [3.8, 4) is 0 Å². The lowest BCUT2D eigenvalue weighted by Crippen LogP contribution is -2.49. The maximum Gasteiger partial charge on any atom is 0.326 e. The van der Waals surface area contributed by atoms with Crippen molar-refractivity contribution < 1.29 is 14.7 Å². The molecule has 19 heavy (non-hydrogen) atoms. The van der Waals surface area contributed by atoms with Crippen molar-refractivity contribution in [2.45, 2.75) is 33.4 Å². The zero-order valence-electron chi connectivity index (χ0n) is 11.4. The number of carbonyl (C=O) groups excluding carboxylic acids is 1. The van der Waals surface area contributed by atoms with E-state index in [1.165, 1.54) is 6.33 Å². The Bertz CT molecular complexity index is 462. The standard InChI is InChI=1S/C12H20N4O3/c1-12(2,3)9(11(18)19)15-10(17)8-6-16(5-4-13)7-14-8/h6-7,9H,4-5,13H2,1-3H3,(H,15,17)(H,18,19)/t9-/m0/s1. The third-order valence-electron chi connectivity index (χ3n) is 2.64. The molecule has 0 bridgehead atoms. The maximum atomic E-state index is 11.9. The zero-order valence-corrected chi connectivity index (χ0v) is 11.4. The molecule has 1 heterocycles. The molecule has 106 valence electrons. The van der Waals surface area contributed by atoms with Gasteiger partial charge in [0.1, 0.15) is 11.7 Å². The topological polar surface area (TPSA) is 110 Å². The summed E-state index contributed by atoms with van der Waals surface area (Å²) >= 11 is 0. The first-order chi connectivity index (χ1) is 8.75. The van der Waals surface area contributed by atoms with Gasteiger partial charge in [-0.05, 0) is 5.41 Å². The summed E-state index contributed by atoms with van der Waals surface area (Å²) in [6, 6.07) is -0.973. The Kier molecular flexibility index (Phi) is 4.66. The fourth-order valence-electron chi connectivity index (χ4n) is 1.60. The number of nitrogens with two attached hydrogens (primary N) is 1. The number of nitrogens with one attached hydrogen (secondary N) is 1. The van der Waals surface area contributed by atoms with Gasteiger partial charge in [-0.1, -0.05) is 20.8 Å². The van der Waals surface area contributed by atoms with Crippen LogP contribution < -0.4 is 11.1 Å². The van der Waals surface area contributed by atoms with Crippen molar-refractivity contribution >= 4 is 11.9 Å². The van der Waals surface area contributed by atoms with Gasteiger partial charge < -0.3 is 20.7 Å². The van der Waals surface area contributed by atoms with E-state index in [-0.39, 0.29) is 5.69 Å². The van der Waals surface area contributed by atoms with Gasteiger partial charge in [-0.25, -0.2) is 9.78 Å². The Balaban J connectivity index is 2.79. The number of hydrogen-bond acceptors (Lipinski definition) is 4. The number of imidazole rings is 1. The smallest absolute Gasteiger partial charge is 0.326 e. The molecular weight excluding hydrogens is 248 g/mol. The first-order valence-corrected chi connectivity index (χ1v) is 6.01. The second-order valence-corrected chi connectivity index (χ2v) is 5.40. The molecule has 1 atom stereocenters. The molecule has 1 rings (SSSR count). The van der Waals surface area contributed by atoms with Gasteiger partial charge in [0.2, 0.25) is 0 Å². The summed E-state index contributed by atoms with van der Waals surface area (Å²) < 4.78 is 1.68. The molecule has 0 spiro atoms. The minimum Gasteiger partial charge on any atom is -0.480 e. The first-order valence-electron chi connectivity index (χ1n) is 6.01. The average Bonchev–Trinajstić information content (AvgIpc) is 2.72. The summed E-state index contributed by atoms with van der Waals surface area (Å²) in [6.07, 6.45) is 3.04. The van der Waals surface area contributed by atoms with Crippen LogP contribution in [0.3, 0.4) is 0 Å². The summed E-state index contributed by atoms with van der Waals surface area (Å²) in [5.74, 6) is -1.57. The van der Waals surface area contributed by atoms with Crippen molar-refractivity contribution in [1.82, 2.24) is 14.9 Å². The van der Waals surface area contributed by atoms with Gasteiger partial charge >= 0.3 is 5.97 Å². The van der Waals surface area contributed by atoms with Gasteiger partial charge in [-0.15, -0.1) is 0 Å². The highest BCUT2D eigenvalue weighted by Crippen LogP contribution is 2.19. The lowest BCUT2D eigenvalue weighted by molar-refractivity contribution is -0.142. The van der Waals surface area contributed by atoms with E-state index in [0.717, 1.165) is 0 Å². The van der Waals surface area contributed by atoms with E-state index in [0.29, 0.717) is 13.1 Å². The van der Waals surface area contributed by atoms with Gasteiger partial charge in [0.25, 0.3) is 5.91 Å². The summed E-state index contributed by atoms with van der Waals surface area (Å²) in [7, 11) is 0. The van der Waals surface area contributed by atoms with Crippen molar-refractivity contribution in [2.75, 3.05) is 6.54 Å². The van der Waals surface area contributed by atoms with Crippen LogP contribution >= 0.6 is 0 Å². The van der Waals surface area contributed by atoms with Crippen molar-refractivity contribution in [1.29, 1.82) is 0 Å². The quantitative estimate of drug-likeness (QED) is 0.700. The van der Waals surface area contributed by atoms with Gasteiger partial charge in [-0.2, -0.15) is 0 Å². The highest BCUT2D eigenvalue weighted by atomic mass is 16.4. The Hall–Kier alpha value is -1.89. The van der Waals surface area contributed by atoms with Crippen LogP contribution in [0.1, 0.15) is 31.3 Å². The predicted octanol–water partition coefficient (Wildman–Crippen LogP) is 0.0709. The highest BCUT2D eigenvalue weighted by Gasteiger charge is 2.33. The van der Waals surface area contributed by atoms with Gasteiger partial charge in [0, 0.05) is 19.3 Å². The van der Waals surface area contributed by atoms with E-state index in [1.807, 2.05) is 0 Å². The SMILES string of the molecule is CC(C)(C)[C@@H](NC(=O)c1cn(CCN)cn1)C(=O)O. The Labute approximate surface area is 111 Å². The summed E-state index contributed by atoms with van der Waals surface area (Å²) in [4.78, 5) is 27.0. The van der Waals surface area contributed by atoms with Crippen LogP contribution in [0.15, 0.2) is 12.5 Å². The number of carboxylic acids is 1. The molecule has 0 aliphatic heterocycles. The van der Waals surface area contributed by atoms with Crippen molar-refractivity contribution in [3.63, 3.8) is 0 Å². The highest BCUT2D eigenvalue weighted by molar-refractivity contribution is 5.95.